The summed E-state index contributed by atoms with van der Waals surface area (Å²) in [6, 6.07) is 1.01. The van der Waals surface area contributed by atoms with Crippen LogP contribution < -0.4 is 5.32 Å². The average molecular weight is 449 g/mol. The molecule has 0 spiro atoms. The number of alkyl halides is 3. The number of aliphatic hydroxyl groups excluding tert-OH is 1. The van der Waals surface area contributed by atoms with Crippen LogP contribution in [0.2, 0.25) is 0 Å². The molecular weight excluding hydrogens is 427 g/mol. The predicted octanol–water partition coefficient (Wildman–Crippen LogP) is 1.44. The van der Waals surface area contributed by atoms with Gasteiger partial charge in [-0.2, -0.15) is 13.2 Å². The van der Waals surface area contributed by atoms with E-state index < -0.39 is 60.0 Å². The number of hydrogen-bond acceptors (Lipinski definition) is 7. The van der Waals surface area contributed by atoms with Gasteiger partial charge in [0, 0.05) is 0 Å². The molecule has 0 saturated carbocycles. The second kappa shape index (κ2) is 11.3. The highest BCUT2D eigenvalue weighted by molar-refractivity contribution is 5.92. The van der Waals surface area contributed by atoms with Crippen LogP contribution in [0.1, 0.15) is 37.5 Å². The minimum atomic E-state index is -4.62. The van der Waals surface area contributed by atoms with Gasteiger partial charge < -0.3 is 25.0 Å². The van der Waals surface area contributed by atoms with E-state index in [1.165, 1.54) is 13.8 Å². The fourth-order valence-corrected chi connectivity index (χ4v) is 2.56. The number of carboxylic acid groups (broad SMARTS) is 1. The van der Waals surface area contributed by atoms with Crippen molar-refractivity contribution in [2.45, 2.75) is 38.6 Å². The summed E-state index contributed by atoms with van der Waals surface area (Å²) in [5.74, 6) is -6.67. The van der Waals surface area contributed by atoms with E-state index in [0.717, 1.165) is 12.1 Å². The Morgan fingerprint density at radius 1 is 1.03 bits per heavy atom. The molecule has 1 amide bonds. The molecule has 1 aromatic rings. The number of amides is 1. The number of aliphatic hydroxyl groups is 1. The van der Waals surface area contributed by atoms with E-state index in [4.69, 9.17) is 9.47 Å². The number of benzene rings is 1. The summed E-state index contributed by atoms with van der Waals surface area (Å²) in [4.78, 5) is 47.9. The van der Waals surface area contributed by atoms with Crippen LogP contribution in [0.4, 0.5) is 13.2 Å². The smallest absolute Gasteiger partial charge is 0.416 e. The number of nitrogens with one attached hydrogen (secondary N) is 1. The monoisotopic (exact) mass is 449 g/mol. The van der Waals surface area contributed by atoms with Crippen LogP contribution in [-0.4, -0.2) is 53.3 Å². The first kappa shape index (κ1) is 25.9. The van der Waals surface area contributed by atoms with Crippen molar-refractivity contribution < 1.29 is 52.0 Å². The van der Waals surface area contributed by atoms with Crippen molar-refractivity contribution in [1.82, 2.24) is 5.32 Å². The summed E-state index contributed by atoms with van der Waals surface area (Å²) in [6.45, 7) is 2.77. The molecule has 31 heavy (non-hydrogen) atoms. The van der Waals surface area contributed by atoms with Crippen LogP contribution >= 0.6 is 0 Å². The minimum Gasteiger partial charge on any atom is -0.480 e. The number of hydrogen-bond donors (Lipinski definition) is 3. The quantitative estimate of drug-likeness (QED) is 0.456. The molecule has 3 N–H and O–H groups in total. The number of carbonyl (C=O) groups is 4. The molecular formula is C19H22F3NO8. The Morgan fingerprint density at radius 2 is 1.58 bits per heavy atom. The first-order chi connectivity index (χ1) is 14.4. The Balaban J connectivity index is 3.06. The fourth-order valence-electron chi connectivity index (χ4n) is 2.56. The molecule has 0 bridgehead atoms. The van der Waals surface area contributed by atoms with Gasteiger partial charge in [-0.15, -0.1) is 0 Å². The zero-order valence-corrected chi connectivity index (χ0v) is 16.6. The molecule has 1 rings (SSSR count). The lowest BCUT2D eigenvalue weighted by Crippen LogP contribution is -2.51. The summed E-state index contributed by atoms with van der Waals surface area (Å²) in [5.41, 5.74) is -1.25. The molecule has 0 aliphatic carbocycles. The Morgan fingerprint density at radius 3 is 2.03 bits per heavy atom. The van der Waals surface area contributed by atoms with Crippen LogP contribution in [0.3, 0.4) is 0 Å². The fraction of sp³-hybridized carbons (Fsp3) is 0.474. The predicted molar refractivity (Wildman–Crippen MR) is 97.3 cm³/mol. The Hall–Kier alpha value is -3.15. The van der Waals surface area contributed by atoms with Crippen molar-refractivity contribution in [3.63, 3.8) is 0 Å². The topological polar surface area (TPSA) is 139 Å². The Kier molecular flexibility index (Phi) is 9.43. The Bertz CT molecular complexity index is 794. The lowest BCUT2D eigenvalue weighted by Gasteiger charge is -2.24. The third-order valence-electron chi connectivity index (χ3n) is 4.05. The highest BCUT2D eigenvalue weighted by atomic mass is 19.4. The Labute approximate surface area is 175 Å². The highest BCUT2D eigenvalue weighted by Gasteiger charge is 2.39. The lowest BCUT2D eigenvalue weighted by molar-refractivity contribution is -0.160. The maximum Gasteiger partial charge on any atom is 0.416 e. The van der Waals surface area contributed by atoms with E-state index in [1.807, 2.05) is 5.32 Å². The van der Waals surface area contributed by atoms with Gasteiger partial charge in [-0.3, -0.25) is 14.4 Å². The number of esters is 2. The average Bonchev–Trinajstić information content (AvgIpc) is 2.69. The van der Waals surface area contributed by atoms with Gasteiger partial charge in [0.1, 0.15) is 6.04 Å². The first-order valence-corrected chi connectivity index (χ1v) is 9.12. The first-order valence-electron chi connectivity index (χ1n) is 9.12. The number of rotatable bonds is 10. The van der Waals surface area contributed by atoms with Gasteiger partial charge in [0.2, 0.25) is 0 Å². The molecule has 0 saturated heterocycles. The summed E-state index contributed by atoms with van der Waals surface area (Å²) < 4.78 is 47.4. The largest absolute Gasteiger partial charge is 0.480 e. The number of ether oxygens (including phenoxy) is 2. The second-order valence-electron chi connectivity index (χ2n) is 6.21. The maximum absolute atomic E-state index is 12.6. The van der Waals surface area contributed by atoms with E-state index in [-0.39, 0.29) is 18.8 Å². The van der Waals surface area contributed by atoms with Crippen LogP contribution in [0.25, 0.3) is 0 Å². The summed E-state index contributed by atoms with van der Waals surface area (Å²) >= 11 is 0. The summed E-state index contributed by atoms with van der Waals surface area (Å²) in [5, 5.41) is 21.5. The molecule has 3 atom stereocenters. The van der Waals surface area contributed by atoms with Crippen LogP contribution in [-0.2, 0) is 34.8 Å². The molecule has 172 valence electrons. The van der Waals surface area contributed by atoms with Gasteiger partial charge >= 0.3 is 24.1 Å². The zero-order valence-electron chi connectivity index (χ0n) is 16.6. The molecule has 0 unspecified atom stereocenters. The van der Waals surface area contributed by atoms with Crippen molar-refractivity contribution in [3.8, 4) is 0 Å². The molecule has 1 aromatic carbocycles. The second-order valence-corrected chi connectivity index (χ2v) is 6.21. The number of aliphatic carboxylic acids is 1. The molecule has 0 aliphatic heterocycles. The van der Waals surface area contributed by atoms with E-state index in [2.05, 4.69) is 0 Å². The van der Waals surface area contributed by atoms with Crippen molar-refractivity contribution in [2.75, 3.05) is 13.2 Å². The van der Waals surface area contributed by atoms with Gasteiger partial charge in [0.25, 0.3) is 5.91 Å². The molecule has 0 radical (unpaired) electrons. The summed E-state index contributed by atoms with van der Waals surface area (Å²) in [6.07, 6.45) is -7.38. The number of carboxylic acids is 1. The number of carbonyl (C=O) groups excluding carboxylic acids is 3. The van der Waals surface area contributed by atoms with Gasteiger partial charge in [0.15, 0.2) is 6.10 Å². The molecule has 9 nitrogen and oxygen atoms in total. The SMILES string of the molecule is CCOC(=O)C[C@@H](C(=O)OCC)[C@@H](NC(=O)[C@@H](O)c1ccc(C(F)(F)F)cc1)C(=O)O. The van der Waals surface area contributed by atoms with Gasteiger partial charge in [0.05, 0.1) is 31.1 Å². The number of halogens is 3. The van der Waals surface area contributed by atoms with Crippen LogP contribution in [0.5, 0.6) is 0 Å². The standard InChI is InChI=1S/C19H22F3NO8/c1-3-30-13(24)9-12(18(29)31-4-2)14(17(27)28)23-16(26)15(25)10-5-7-11(8-6-10)19(20,21)22/h5-8,12,14-15,25H,3-4,9H2,1-2H3,(H,23,26)(H,27,28)/t12-,14-,15+/m1/s1. The van der Waals surface area contributed by atoms with E-state index >= 15 is 0 Å². The normalized spacial score (nSPS) is 14.1. The van der Waals surface area contributed by atoms with Gasteiger partial charge in [-0.25, -0.2) is 4.79 Å². The van der Waals surface area contributed by atoms with Crippen LogP contribution in [0.15, 0.2) is 24.3 Å². The maximum atomic E-state index is 12.6. The van der Waals surface area contributed by atoms with Gasteiger partial charge in [-0.05, 0) is 31.5 Å². The third kappa shape index (κ3) is 7.55. The third-order valence-corrected chi connectivity index (χ3v) is 4.05. The van der Waals surface area contributed by atoms with E-state index in [9.17, 15) is 42.6 Å². The van der Waals surface area contributed by atoms with Crippen molar-refractivity contribution in [3.05, 3.63) is 35.4 Å². The van der Waals surface area contributed by atoms with Crippen molar-refractivity contribution >= 4 is 23.8 Å². The molecule has 12 heteroatoms. The minimum absolute atomic E-state index is 0.0366. The van der Waals surface area contributed by atoms with Crippen LogP contribution in [0, 0.1) is 5.92 Å². The molecule has 0 aliphatic rings. The van der Waals surface area contributed by atoms with Gasteiger partial charge in [-0.1, -0.05) is 12.1 Å². The molecule has 0 aromatic heterocycles. The lowest BCUT2D eigenvalue weighted by atomic mass is 9.95. The van der Waals surface area contributed by atoms with E-state index in [0.29, 0.717) is 12.1 Å². The highest BCUT2D eigenvalue weighted by Crippen LogP contribution is 2.30. The van der Waals surface area contributed by atoms with E-state index in [1.54, 1.807) is 0 Å². The summed E-state index contributed by atoms with van der Waals surface area (Å²) in [7, 11) is 0. The molecule has 0 heterocycles. The van der Waals surface area contributed by atoms with Crippen molar-refractivity contribution in [1.29, 1.82) is 0 Å². The zero-order chi connectivity index (χ0) is 23.8. The molecule has 0 fully saturated rings. The van der Waals surface area contributed by atoms with Crippen molar-refractivity contribution in [2.24, 2.45) is 5.92 Å².